The molecule has 0 fully saturated rings. The first kappa shape index (κ1) is 16.0. The molecule has 0 aliphatic carbocycles. The van der Waals surface area contributed by atoms with Gasteiger partial charge in [0, 0.05) is 17.7 Å². The number of hydrogen-bond acceptors (Lipinski definition) is 6. The second-order valence-electron chi connectivity index (χ2n) is 4.92. The Hall–Kier alpha value is -2.87. The molecular formula is C15H13ClN4O4. The van der Waals surface area contributed by atoms with Crippen LogP contribution in [0.15, 0.2) is 33.9 Å². The molecule has 2 heterocycles. The molecule has 24 heavy (non-hydrogen) atoms. The van der Waals surface area contributed by atoms with Gasteiger partial charge in [0.05, 0.1) is 26.3 Å². The van der Waals surface area contributed by atoms with Gasteiger partial charge in [0.15, 0.2) is 10.7 Å². The van der Waals surface area contributed by atoms with Crippen LogP contribution >= 0.6 is 11.6 Å². The zero-order valence-corrected chi connectivity index (χ0v) is 13.6. The summed E-state index contributed by atoms with van der Waals surface area (Å²) in [5, 5.41) is 7.48. The van der Waals surface area contributed by atoms with Crippen LogP contribution in [0.2, 0.25) is 5.15 Å². The molecule has 9 heteroatoms. The van der Waals surface area contributed by atoms with Crippen LogP contribution in [0.4, 0.5) is 0 Å². The average Bonchev–Trinajstić information content (AvgIpc) is 2.58. The summed E-state index contributed by atoms with van der Waals surface area (Å²) < 4.78 is 11.8. The largest absolute Gasteiger partial charge is 0.497 e. The van der Waals surface area contributed by atoms with Crippen LogP contribution in [-0.2, 0) is 6.54 Å². The van der Waals surface area contributed by atoms with Crippen molar-refractivity contribution in [2.24, 2.45) is 0 Å². The average molecular weight is 349 g/mol. The summed E-state index contributed by atoms with van der Waals surface area (Å²) in [7, 11) is 3.07. The third-order valence-electron chi connectivity index (χ3n) is 3.54. The van der Waals surface area contributed by atoms with E-state index in [1.165, 1.54) is 17.7 Å². The van der Waals surface area contributed by atoms with Crippen LogP contribution in [0.5, 0.6) is 11.5 Å². The van der Waals surface area contributed by atoms with Crippen LogP contribution < -0.4 is 20.7 Å². The molecule has 0 spiro atoms. The van der Waals surface area contributed by atoms with E-state index in [9.17, 15) is 9.59 Å². The summed E-state index contributed by atoms with van der Waals surface area (Å²) in [5.74, 6) is 1.18. The number of hydrogen-bond donors (Lipinski definition) is 1. The maximum atomic E-state index is 12.2. The number of ether oxygens (including phenoxy) is 2. The monoisotopic (exact) mass is 348 g/mol. The van der Waals surface area contributed by atoms with E-state index >= 15 is 0 Å². The lowest BCUT2D eigenvalue weighted by atomic mass is 10.2. The number of benzene rings is 1. The van der Waals surface area contributed by atoms with E-state index in [1.807, 2.05) is 0 Å². The first-order valence-electron chi connectivity index (χ1n) is 6.90. The van der Waals surface area contributed by atoms with Gasteiger partial charge in [-0.15, -0.1) is 10.2 Å². The molecule has 3 aromatic rings. The van der Waals surface area contributed by atoms with E-state index < -0.39 is 11.2 Å². The van der Waals surface area contributed by atoms with Crippen molar-refractivity contribution in [1.82, 2.24) is 19.7 Å². The molecule has 0 saturated carbocycles. The van der Waals surface area contributed by atoms with Crippen LogP contribution in [0, 0.1) is 0 Å². The van der Waals surface area contributed by atoms with Crippen molar-refractivity contribution in [2.45, 2.75) is 6.54 Å². The standard InChI is InChI=1S/C15H13ClN4O4/c1-23-9-4-3-8(11(5-9)24-2)7-20-10-6-12(16)18-19-13(10)14(21)17-15(20)22/h3-6H,7H2,1-2H3,(H,17,21,22). The number of aromatic nitrogens is 4. The first-order valence-corrected chi connectivity index (χ1v) is 7.28. The number of nitrogens with zero attached hydrogens (tertiary/aromatic N) is 3. The van der Waals surface area contributed by atoms with Gasteiger partial charge in [-0.25, -0.2) is 4.79 Å². The number of halogens is 1. The molecule has 0 amide bonds. The second kappa shape index (κ2) is 6.32. The van der Waals surface area contributed by atoms with Gasteiger partial charge >= 0.3 is 5.69 Å². The molecule has 0 saturated heterocycles. The number of H-pyrrole nitrogens is 1. The molecule has 0 radical (unpaired) electrons. The minimum atomic E-state index is -0.614. The molecule has 1 N–H and O–H groups in total. The molecule has 0 aliphatic heterocycles. The van der Waals surface area contributed by atoms with Crippen molar-refractivity contribution in [3.05, 3.63) is 55.8 Å². The van der Waals surface area contributed by atoms with Crippen molar-refractivity contribution in [3.8, 4) is 11.5 Å². The number of rotatable bonds is 4. The molecule has 124 valence electrons. The molecule has 0 atom stereocenters. The van der Waals surface area contributed by atoms with Crippen LogP contribution in [0.1, 0.15) is 5.56 Å². The Morgan fingerprint density at radius 2 is 1.96 bits per heavy atom. The summed E-state index contributed by atoms with van der Waals surface area (Å²) in [6.45, 7) is 0.154. The van der Waals surface area contributed by atoms with Gasteiger partial charge in [0.2, 0.25) is 0 Å². The maximum absolute atomic E-state index is 12.2. The normalized spacial score (nSPS) is 10.8. The topological polar surface area (TPSA) is 99.1 Å². The number of nitrogens with one attached hydrogen (secondary N) is 1. The molecule has 2 aromatic heterocycles. The molecule has 3 rings (SSSR count). The molecule has 0 unspecified atom stereocenters. The maximum Gasteiger partial charge on any atom is 0.329 e. The predicted molar refractivity (Wildman–Crippen MR) is 88.1 cm³/mol. The fourth-order valence-corrected chi connectivity index (χ4v) is 2.51. The fraction of sp³-hybridized carbons (Fsp3) is 0.200. The Bertz CT molecular complexity index is 1030. The van der Waals surface area contributed by atoms with Crippen LogP contribution in [0.25, 0.3) is 11.0 Å². The van der Waals surface area contributed by atoms with Gasteiger partial charge in [-0.2, -0.15) is 0 Å². The smallest absolute Gasteiger partial charge is 0.329 e. The summed E-state index contributed by atoms with van der Waals surface area (Å²) in [6.07, 6.45) is 0. The summed E-state index contributed by atoms with van der Waals surface area (Å²) in [5.41, 5.74) is -0.138. The molecule has 0 bridgehead atoms. The second-order valence-corrected chi connectivity index (χ2v) is 5.31. The Morgan fingerprint density at radius 1 is 1.17 bits per heavy atom. The lowest BCUT2D eigenvalue weighted by Crippen LogP contribution is -2.31. The van der Waals surface area contributed by atoms with Crippen molar-refractivity contribution < 1.29 is 9.47 Å². The van der Waals surface area contributed by atoms with Gasteiger partial charge in [0.25, 0.3) is 5.56 Å². The van der Waals surface area contributed by atoms with Crippen LogP contribution in [-0.4, -0.2) is 34.0 Å². The van der Waals surface area contributed by atoms with E-state index in [0.29, 0.717) is 17.0 Å². The lowest BCUT2D eigenvalue weighted by molar-refractivity contribution is 0.390. The predicted octanol–water partition coefficient (Wildman–Crippen LogP) is 1.20. The number of fused-ring (bicyclic) bond motifs is 1. The SMILES string of the molecule is COc1ccc(Cn2c(=O)[nH]c(=O)c3nnc(Cl)cc32)c(OC)c1. The number of aromatic amines is 1. The molecular weight excluding hydrogens is 336 g/mol. The third kappa shape index (κ3) is 2.83. The third-order valence-corrected chi connectivity index (χ3v) is 3.72. The van der Waals surface area contributed by atoms with Crippen LogP contribution in [0.3, 0.4) is 0 Å². The zero-order chi connectivity index (χ0) is 17.3. The van der Waals surface area contributed by atoms with Gasteiger partial charge in [-0.05, 0) is 12.1 Å². The minimum absolute atomic E-state index is 0.0338. The van der Waals surface area contributed by atoms with Gasteiger partial charge < -0.3 is 9.47 Å². The van der Waals surface area contributed by atoms with Gasteiger partial charge in [0.1, 0.15) is 11.5 Å². The highest BCUT2D eigenvalue weighted by atomic mass is 35.5. The minimum Gasteiger partial charge on any atom is -0.497 e. The first-order chi connectivity index (χ1) is 11.5. The van der Waals surface area contributed by atoms with E-state index in [-0.39, 0.29) is 17.2 Å². The Morgan fingerprint density at radius 3 is 2.67 bits per heavy atom. The fourth-order valence-electron chi connectivity index (χ4n) is 2.37. The highest BCUT2D eigenvalue weighted by Crippen LogP contribution is 2.25. The van der Waals surface area contributed by atoms with E-state index in [0.717, 1.165) is 5.56 Å². The van der Waals surface area contributed by atoms with E-state index in [4.69, 9.17) is 21.1 Å². The van der Waals surface area contributed by atoms with E-state index in [1.54, 1.807) is 25.3 Å². The quantitative estimate of drug-likeness (QED) is 0.760. The zero-order valence-electron chi connectivity index (χ0n) is 12.9. The highest BCUT2D eigenvalue weighted by Gasteiger charge is 2.13. The summed E-state index contributed by atoms with van der Waals surface area (Å²) in [6, 6.07) is 6.67. The van der Waals surface area contributed by atoms with E-state index in [2.05, 4.69) is 15.2 Å². The molecule has 1 aromatic carbocycles. The van der Waals surface area contributed by atoms with Crippen molar-refractivity contribution in [2.75, 3.05) is 14.2 Å². The molecule has 8 nitrogen and oxygen atoms in total. The van der Waals surface area contributed by atoms with Crippen molar-refractivity contribution >= 4 is 22.6 Å². The highest BCUT2D eigenvalue weighted by molar-refractivity contribution is 6.29. The van der Waals surface area contributed by atoms with Crippen molar-refractivity contribution in [1.29, 1.82) is 0 Å². The van der Waals surface area contributed by atoms with Crippen molar-refractivity contribution in [3.63, 3.8) is 0 Å². The lowest BCUT2D eigenvalue weighted by Gasteiger charge is -2.13. The Labute approximate surface area is 140 Å². The summed E-state index contributed by atoms with van der Waals surface area (Å²) in [4.78, 5) is 26.3. The Balaban J connectivity index is 2.19. The number of methoxy groups -OCH3 is 2. The molecule has 0 aliphatic rings. The summed E-state index contributed by atoms with van der Waals surface area (Å²) >= 11 is 5.85. The van der Waals surface area contributed by atoms with Gasteiger partial charge in [-0.3, -0.25) is 14.3 Å². The van der Waals surface area contributed by atoms with Gasteiger partial charge in [-0.1, -0.05) is 11.6 Å². The Kier molecular flexibility index (Phi) is 4.22.